The van der Waals surface area contributed by atoms with Crippen LogP contribution in [0.3, 0.4) is 0 Å². The average molecular weight is 466 g/mol. The molecular weight excluding hydrogens is 442 g/mol. The van der Waals surface area contributed by atoms with Crippen molar-refractivity contribution in [2.45, 2.75) is 19.4 Å². The van der Waals surface area contributed by atoms with E-state index < -0.39 is 23.2 Å². The minimum atomic E-state index is -1.63. The van der Waals surface area contributed by atoms with Gasteiger partial charge in [0, 0.05) is 24.4 Å². The Kier molecular flexibility index (Phi) is 6.19. The Morgan fingerprint density at radius 1 is 0.971 bits per heavy atom. The summed E-state index contributed by atoms with van der Waals surface area (Å²) in [5.41, 5.74) is 5.10. The highest BCUT2D eigenvalue weighted by Crippen LogP contribution is 2.43. The molecule has 3 aromatic rings. The Bertz CT molecular complexity index is 1280. The van der Waals surface area contributed by atoms with Crippen LogP contribution in [0.5, 0.6) is 11.5 Å². The lowest BCUT2D eigenvalue weighted by Gasteiger charge is -2.27. The van der Waals surface area contributed by atoms with Crippen LogP contribution in [0.2, 0.25) is 0 Å². The van der Waals surface area contributed by atoms with Crippen molar-refractivity contribution >= 4 is 11.9 Å². The zero-order valence-corrected chi connectivity index (χ0v) is 19.0. The maximum absolute atomic E-state index is 14.8. The van der Waals surface area contributed by atoms with Crippen LogP contribution in [0.15, 0.2) is 59.7 Å². The Labute approximate surface area is 195 Å². The molecule has 0 aliphatic carbocycles. The topological polar surface area (TPSA) is 90.0 Å². The number of rotatable bonds is 7. The second-order valence-electron chi connectivity index (χ2n) is 7.61. The lowest BCUT2D eigenvalue weighted by atomic mass is 9.81. The van der Waals surface area contributed by atoms with E-state index in [0.29, 0.717) is 35.8 Å². The molecule has 1 aliphatic heterocycles. The van der Waals surface area contributed by atoms with Crippen molar-refractivity contribution in [3.63, 3.8) is 0 Å². The smallest absolute Gasteiger partial charge is 0.266 e. The van der Waals surface area contributed by atoms with Crippen LogP contribution >= 0.6 is 0 Å². The van der Waals surface area contributed by atoms with Crippen LogP contribution in [0.4, 0.5) is 8.78 Å². The average Bonchev–Trinajstić information content (AvgIpc) is 3.06. The third kappa shape index (κ3) is 3.72. The maximum atomic E-state index is 14.8. The number of aromatic nitrogens is 1. The van der Waals surface area contributed by atoms with E-state index in [1.165, 1.54) is 48.5 Å². The maximum Gasteiger partial charge on any atom is 0.266 e. The number of aliphatic imine (C=N–C) groups is 1. The summed E-state index contributed by atoms with van der Waals surface area (Å²) < 4.78 is 40.6. The first-order valence-corrected chi connectivity index (χ1v) is 10.8. The van der Waals surface area contributed by atoms with Crippen molar-refractivity contribution in [3.8, 4) is 22.6 Å². The molecule has 0 fully saturated rings. The van der Waals surface area contributed by atoms with E-state index in [-0.39, 0.29) is 17.1 Å². The molecule has 0 radical (unpaired) electrons. The van der Waals surface area contributed by atoms with E-state index in [0.717, 1.165) is 0 Å². The number of pyridine rings is 1. The second kappa shape index (κ2) is 9.09. The van der Waals surface area contributed by atoms with Gasteiger partial charge in [-0.1, -0.05) is 12.1 Å². The molecule has 2 aromatic carbocycles. The lowest BCUT2D eigenvalue weighted by Crippen LogP contribution is -2.41. The summed E-state index contributed by atoms with van der Waals surface area (Å²) in [5.74, 6) is -1.00. The first kappa shape index (κ1) is 23.2. The van der Waals surface area contributed by atoms with Gasteiger partial charge in [0.05, 0.1) is 13.2 Å². The molecule has 0 saturated heterocycles. The Morgan fingerprint density at radius 2 is 1.65 bits per heavy atom. The first-order valence-electron chi connectivity index (χ1n) is 10.8. The van der Waals surface area contributed by atoms with Gasteiger partial charge in [-0.15, -0.1) is 0 Å². The van der Waals surface area contributed by atoms with Crippen molar-refractivity contribution in [1.82, 2.24) is 9.88 Å². The summed E-state index contributed by atoms with van der Waals surface area (Å²) in [6, 6.07) is 12.0. The minimum Gasteiger partial charge on any atom is -0.490 e. The summed E-state index contributed by atoms with van der Waals surface area (Å²) in [4.78, 5) is 23.0. The number of amides is 1. The fourth-order valence-electron chi connectivity index (χ4n) is 4.00. The quantitative estimate of drug-likeness (QED) is 0.534. The van der Waals surface area contributed by atoms with Crippen molar-refractivity contribution in [2.24, 2.45) is 10.7 Å². The number of halogens is 2. The van der Waals surface area contributed by atoms with Gasteiger partial charge >= 0.3 is 0 Å². The zero-order valence-electron chi connectivity index (χ0n) is 19.0. The van der Waals surface area contributed by atoms with Gasteiger partial charge in [-0.05, 0) is 61.4 Å². The number of guanidine groups is 1. The predicted molar refractivity (Wildman–Crippen MR) is 124 cm³/mol. The molecule has 2 N–H and O–H groups in total. The van der Waals surface area contributed by atoms with Gasteiger partial charge in [-0.2, -0.15) is 4.39 Å². The number of ether oxygens (including phenoxy) is 2. The molecule has 1 aromatic heterocycles. The van der Waals surface area contributed by atoms with Crippen LogP contribution in [-0.2, 0) is 10.3 Å². The molecule has 2 heterocycles. The highest BCUT2D eigenvalue weighted by Gasteiger charge is 2.50. The molecule has 0 spiro atoms. The standard InChI is InChI=1S/C25H24F2N4O3/c1-4-33-20-11-9-16(14-21(20)34-5-2)25(23(32)31(3)24(28)30-25)15-8-10-19(26)18(13-15)17-7-6-12-29-22(17)27/h6-14H,4-5H2,1-3H3,(H2,28,30)/t25-/m1/s1. The van der Waals surface area contributed by atoms with E-state index in [4.69, 9.17) is 15.2 Å². The van der Waals surface area contributed by atoms with Gasteiger partial charge in [0.25, 0.3) is 5.91 Å². The number of nitrogens with zero attached hydrogens (tertiary/aromatic N) is 3. The molecule has 34 heavy (non-hydrogen) atoms. The largest absolute Gasteiger partial charge is 0.490 e. The first-order chi connectivity index (χ1) is 16.3. The summed E-state index contributed by atoms with van der Waals surface area (Å²) in [6.45, 7) is 4.48. The van der Waals surface area contributed by atoms with E-state index in [1.807, 2.05) is 13.8 Å². The molecule has 1 aliphatic rings. The molecule has 9 heteroatoms. The van der Waals surface area contributed by atoms with Gasteiger partial charge in [0.2, 0.25) is 5.95 Å². The fraction of sp³-hybridized carbons (Fsp3) is 0.240. The van der Waals surface area contributed by atoms with Crippen LogP contribution in [0.1, 0.15) is 25.0 Å². The van der Waals surface area contributed by atoms with Crippen LogP contribution in [0.25, 0.3) is 11.1 Å². The van der Waals surface area contributed by atoms with Gasteiger partial charge in [-0.25, -0.2) is 14.4 Å². The normalized spacial score (nSPS) is 17.6. The van der Waals surface area contributed by atoms with Crippen LogP contribution in [0, 0.1) is 11.8 Å². The lowest BCUT2D eigenvalue weighted by molar-refractivity contribution is -0.129. The minimum absolute atomic E-state index is 0.00437. The van der Waals surface area contributed by atoms with E-state index in [2.05, 4.69) is 9.98 Å². The zero-order chi connectivity index (χ0) is 24.5. The van der Waals surface area contributed by atoms with Crippen molar-refractivity contribution in [3.05, 3.63) is 77.6 Å². The number of nitrogens with two attached hydrogens (primary N) is 1. The second-order valence-corrected chi connectivity index (χ2v) is 7.61. The monoisotopic (exact) mass is 466 g/mol. The Balaban J connectivity index is 1.97. The molecule has 0 bridgehead atoms. The number of hydrogen-bond donors (Lipinski definition) is 1. The highest BCUT2D eigenvalue weighted by atomic mass is 19.1. The van der Waals surface area contributed by atoms with Gasteiger partial charge < -0.3 is 15.2 Å². The fourth-order valence-corrected chi connectivity index (χ4v) is 4.00. The summed E-state index contributed by atoms with van der Waals surface area (Å²) in [7, 11) is 1.51. The van der Waals surface area contributed by atoms with Gasteiger partial charge in [-0.3, -0.25) is 9.69 Å². The number of carbonyl (C=O) groups excluding carboxylic acids is 1. The summed E-state index contributed by atoms with van der Waals surface area (Å²) >= 11 is 0. The number of benzene rings is 2. The molecule has 0 saturated carbocycles. The molecule has 7 nitrogen and oxygen atoms in total. The van der Waals surface area contributed by atoms with Gasteiger partial charge in [0.15, 0.2) is 23.0 Å². The van der Waals surface area contributed by atoms with Crippen molar-refractivity contribution in [2.75, 3.05) is 20.3 Å². The van der Waals surface area contributed by atoms with E-state index >= 15 is 0 Å². The van der Waals surface area contributed by atoms with E-state index in [9.17, 15) is 13.6 Å². The number of likely N-dealkylation sites (N-methyl/N-ethyl adjacent to an activating group) is 1. The van der Waals surface area contributed by atoms with Gasteiger partial charge in [0.1, 0.15) is 5.82 Å². The predicted octanol–water partition coefficient (Wildman–Crippen LogP) is 3.85. The summed E-state index contributed by atoms with van der Waals surface area (Å²) in [6.07, 6.45) is 1.28. The molecule has 176 valence electrons. The van der Waals surface area contributed by atoms with Crippen molar-refractivity contribution < 1.29 is 23.0 Å². The Hall–Kier alpha value is -4.01. The van der Waals surface area contributed by atoms with Crippen molar-refractivity contribution in [1.29, 1.82) is 0 Å². The third-order valence-corrected chi connectivity index (χ3v) is 5.63. The number of carbonyl (C=O) groups is 1. The molecule has 1 amide bonds. The SMILES string of the molecule is CCOc1ccc([C@@]2(c3ccc(F)c(-c4cccnc4F)c3)N=C(N)N(C)C2=O)cc1OCC. The molecule has 4 rings (SSSR count). The molecular formula is C25H24F2N4O3. The third-order valence-electron chi connectivity index (χ3n) is 5.63. The Morgan fingerprint density at radius 3 is 2.29 bits per heavy atom. The summed E-state index contributed by atoms with van der Waals surface area (Å²) in [5, 5.41) is 0. The number of hydrogen-bond acceptors (Lipinski definition) is 6. The van der Waals surface area contributed by atoms with Crippen LogP contribution in [-0.4, -0.2) is 42.0 Å². The molecule has 0 unspecified atom stereocenters. The highest BCUT2D eigenvalue weighted by molar-refractivity contribution is 6.09. The molecule has 1 atom stereocenters. The van der Waals surface area contributed by atoms with E-state index in [1.54, 1.807) is 18.2 Å². The van der Waals surface area contributed by atoms with Crippen LogP contribution < -0.4 is 15.2 Å².